The van der Waals surface area contributed by atoms with Crippen LogP contribution in [0.2, 0.25) is 0 Å². The molecule has 0 aromatic carbocycles. The van der Waals surface area contributed by atoms with E-state index < -0.39 is 16.1 Å². The minimum atomic E-state index is -5.32. The minimum Gasteiger partial charge on any atom is -0.786 e. The molecular formula is C3H10O11P2-2. The molecule has 0 radical (unpaired) electrons. The fourth-order valence-corrected chi connectivity index (χ4v) is 0.735. The Hall–Kier alpha value is -0.890. The third kappa shape index (κ3) is 114. The summed E-state index contributed by atoms with van der Waals surface area (Å²) in [6, 6.07) is 0. The van der Waals surface area contributed by atoms with Gasteiger partial charge in [-0.2, -0.15) is 9.59 Å². The number of carbonyl (C=O) groups excluding carboxylic acids is 2. The van der Waals surface area contributed by atoms with Crippen molar-refractivity contribution in [3.63, 3.8) is 0 Å². The van der Waals surface area contributed by atoms with E-state index in [1.807, 2.05) is 0 Å². The number of hydrogen-bond donors (Lipinski definition) is 0. The average Bonchev–Trinajstić information content (AvgIpc) is 1.87. The third-order valence-corrected chi connectivity index (χ3v) is 1.50. The maximum atomic E-state index is 9.31. The molecular weight excluding hydrogens is 274 g/mol. The number of hydrogen-bond acceptors (Lipinski definition) is 10. The van der Waals surface area contributed by atoms with Crippen molar-refractivity contribution in [2.45, 2.75) is 14.9 Å². The van der Waals surface area contributed by atoms with Gasteiger partial charge in [-0.15, -0.1) is 4.31 Å². The molecule has 0 saturated carbocycles. The van der Waals surface area contributed by atoms with E-state index in [9.17, 15) is 23.8 Å². The van der Waals surface area contributed by atoms with Crippen molar-refractivity contribution in [2.75, 3.05) is 0 Å². The van der Waals surface area contributed by atoms with E-state index in [0.29, 0.717) is 0 Å². The van der Waals surface area contributed by atoms with Gasteiger partial charge in [0.15, 0.2) is 0 Å². The molecule has 0 rings (SSSR count). The van der Waals surface area contributed by atoms with Crippen LogP contribution in [0.25, 0.3) is 0 Å². The summed E-state index contributed by atoms with van der Waals surface area (Å²) < 4.78 is 21.4. The summed E-state index contributed by atoms with van der Waals surface area (Å²) in [6.45, 7) is 0. The Bertz CT molecular complexity index is 213. The molecule has 1 unspecified atom stereocenters. The summed E-state index contributed by atoms with van der Waals surface area (Å²) in [6.07, 6.45) is 0.250. The second kappa shape index (κ2) is 23.7. The molecule has 0 aliphatic carbocycles. The van der Waals surface area contributed by atoms with Gasteiger partial charge < -0.3 is 24.7 Å². The van der Waals surface area contributed by atoms with Gasteiger partial charge in [0.2, 0.25) is 0 Å². The zero-order valence-corrected chi connectivity index (χ0v) is 7.77. The van der Waals surface area contributed by atoms with Crippen LogP contribution in [0.3, 0.4) is 0 Å². The van der Waals surface area contributed by atoms with Crippen molar-refractivity contribution in [1.29, 1.82) is 0 Å². The molecule has 0 aromatic rings. The molecule has 0 aliphatic rings. The lowest BCUT2D eigenvalue weighted by molar-refractivity contribution is -0.336. The fourth-order valence-electron chi connectivity index (χ4n) is 0.0816. The molecule has 0 heterocycles. The SMILES string of the molecule is C.C.O.O=C=O.O=O.O=[P+]([O-])OP(=O)([O-])[O-]. The van der Waals surface area contributed by atoms with Gasteiger partial charge in [0.25, 0.3) is 0 Å². The second-order valence-corrected chi connectivity index (χ2v) is 2.83. The molecule has 0 amide bonds. The van der Waals surface area contributed by atoms with Crippen LogP contribution in [0.5, 0.6) is 0 Å². The van der Waals surface area contributed by atoms with Crippen molar-refractivity contribution in [2.24, 2.45) is 0 Å². The van der Waals surface area contributed by atoms with Crippen molar-refractivity contribution in [1.82, 2.24) is 0 Å². The second-order valence-electron chi connectivity index (χ2n) is 0.836. The first kappa shape index (κ1) is 36.2. The predicted molar refractivity (Wildman–Crippen MR) is 45.1 cm³/mol. The highest BCUT2D eigenvalue weighted by atomic mass is 31.2. The summed E-state index contributed by atoms with van der Waals surface area (Å²) in [7, 11) is -8.89. The minimum absolute atomic E-state index is 0. The highest BCUT2D eigenvalue weighted by Gasteiger charge is 2.02. The van der Waals surface area contributed by atoms with Crippen LogP contribution in [0.4, 0.5) is 0 Å². The highest BCUT2D eigenvalue weighted by Crippen LogP contribution is 2.35. The van der Waals surface area contributed by atoms with E-state index in [-0.39, 0.29) is 26.5 Å². The molecule has 13 heteroatoms. The molecule has 0 spiro atoms. The maximum absolute atomic E-state index is 9.31. The van der Waals surface area contributed by atoms with Gasteiger partial charge in [-0.25, -0.2) is 0 Å². The fraction of sp³-hybridized carbons (Fsp3) is 0.667. The van der Waals surface area contributed by atoms with Crippen molar-refractivity contribution >= 4 is 22.2 Å². The van der Waals surface area contributed by atoms with Gasteiger partial charge in [0.1, 0.15) is 7.82 Å². The van der Waals surface area contributed by atoms with Crippen molar-refractivity contribution in [3.05, 3.63) is 9.93 Å². The summed E-state index contributed by atoms with van der Waals surface area (Å²) in [5, 5.41) is 0. The van der Waals surface area contributed by atoms with Crippen molar-refractivity contribution in [3.8, 4) is 0 Å². The monoisotopic (exact) mass is 284 g/mol. The number of phosphoric acid groups is 1. The Kier molecular flexibility index (Phi) is 53.8. The van der Waals surface area contributed by atoms with Crippen LogP contribution in [-0.2, 0) is 23.0 Å². The average molecular weight is 284 g/mol. The summed E-state index contributed by atoms with van der Waals surface area (Å²) in [4.78, 5) is 58.1. The van der Waals surface area contributed by atoms with Crippen LogP contribution in [0.1, 0.15) is 14.9 Å². The van der Waals surface area contributed by atoms with Crippen LogP contribution >= 0.6 is 16.1 Å². The molecule has 0 aliphatic heterocycles. The summed E-state index contributed by atoms with van der Waals surface area (Å²) >= 11 is 0. The molecule has 2 N–H and O–H groups in total. The third-order valence-electron chi connectivity index (χ3n) is 0.167. The van der Waals surface area contributed by atoms with Gasteiger partial charge >= 0.3 is 14.4 Å². The Morgan fingerprint density at radius 1 is 1.12 bits per heavy atom. The number of rotatable bonds is 2. The van der Waals surface area contributed by atoms with Crippen LogP contribution < -0.4 is 14.7 Å². The Morgan fingerprint density at radius 2 is 1.31 bits per heavy atom. The maximum Gasteiger partial charge on any atom is 0.492 e. The lowest BCUT2D eigenvalue weighted by Gasteiger charge is -2.20. The van der Waals surface area contributed by atoms with Gasteiger partial charge in [0, 0.05) is 9.93 Å². The van der Waals surface area contributed by atoms with Crippen molar-refractivity contribution < 1.29 is 43.2 Å². The Morgan fingerprint density at radius 3 is 1.31 bits per heavy atom. The lowest BCUT2D eigenvalue weighted by Crippen LogP contribution is -2.14. The molecule has 0 saturated heterocycles. The van der Waals surface area contributed by atoms with E-state index in [4.69, 9.17) is 19.5 Å². The topological polar surface area (TPSA) is 212 Å². The summed E-state index contributed by atoms with van der Waals surface area (Å²) in [5.41, 5.74) is 0. The van der Waals surface area contributed by atoms with E-state index in [1.54, 1.807) is 0 Å². The first-order chi connectivity index (χ1) is 5.83. The predicted octanol–water partition coefficient (Wildman–Crippen LogP) is -2.22. The smallest absolute Gasteiger partial charge is 0.492 e. The normalized spacial score (nSPS) is 7.56. The molecule has 0 bridgehead atoms. The Balaban J connectivity index is -0.0000000275. The molecule has 100 valence electrons. The van der Waals surface area contributed by atoms with E-state index >= 15 is 0 Å². The molecule has 11 nitrogen and oxygen atoms in total. The van der Waals surface area contributed by atoms with E-state index in [1.165, 1.54) is 0 Å². The zero-order valence-electron chi connectivity index (χ0n) is 5.98. The lowest BCUT2D eigenvalue weighted by atomic mass is 11.8. The standard InChI is InChI=1S/CO2.2CH4.H2O6P2.O2.H2O/c2-1-3;;;1-7(2)6-8(3,4)5;1-2;/h;2*1H4;(H2,3,4,5);;1H2/p-2. The highest BCUT2D eigenvalue weighted by molar-refractivity contribution is 7.52. The van der Waals surface area contributed by atoms with Gasteiger partial charge in [-0.1, -0.05) is 14.9 Å². The zero-order chi connectivity index (χ0) is 11.5. The molecule has 1 atom stereocenters. The van der Waals surface area contributed by atoms with Crippen LogP contribution in [0, 0.1) is 9.93 Å². The van der Waals surface area contributed by atoms with Crippen LogP contribution in [0.15, 0.2) is 0 Å². The molecule has 0 fully saturated rings. The molecule has 16 heavy (non-hydrogen) atoms. The van der Waals surface area contributed by atoms with E-state index in [2.05, 4.69) is 4.31 Å². The van der Waals surface area contributed by atoms with Gasteiger partial charge in [-0.05, 0) is 4.57 Å². The van der Waals surface area contributed by atoms with Crippen LogP contribution in [-0.4, -0.2) is 11.6 Å². The largest absolute Gasteiger partial charge is 0.786 e. The van der Waals surface area contributed by atoms with Gasteiger partial charge in [0.05, 0.1) is 0 Å². The Labute approximate surface area is 91.2 Å². The first-order valence-electron chi connectivity index (χ1n) is 1.85. The van der Waals surface area contributed by atoms with Gasteiger partial charge in [-0.3, -0.25) is 0 Å². The first-order valence-corrected chi connectivity index (χ1v) is 4.41. The quantitative estimate of drug-likeness (QED) is 0.497. The van der Waals surface area contributed by atoms with E-state index in [0.717, 1.165) is 0 Å². The molecule has 0 aromatic heterocycles. The summed E-state index contributed by atoms with van der Waals surface area (Å²) in [5.74, 6) is 0.